The summed E-state index contributed by atoms with van der Waals surface area (Å²) in [5, 5.41) is 14.1. The molecule has 8 nitrogen and oxygen atoms in total. The summed E-state index contributed by atoms with van der Waals surface area (Å²) in [5.74, 6) is -0.763. The number of carboxylic acid groups (broad SMARTS) is 1. The maximum absolute atomic E-state index is 14.6. The number of fused-ring (bicyclic) bond motifs is 1. The fourth-order valence-electron chi connectivity index (χ4n) is 4.65. The number of carbonyl (C=O) groups excluding carboxylic acids is 1. The zero-order chi connectivity index (χ0) is 29.1. The van der Waals surface area contributed by atoms with E-state index >= 15 is 0 Å². The van der Waals surface area contributed by atoms with E-state index in [9.17, 15) is 14.0 Å². The van der Waals surface area contributed by atoms with E-state index in [1.54, 1.807) is 23.4 Å². The highest BCUT2D eigenvalue weighted by atomic mass is 35.5. The van der Waals surface area contributed by atoms with Crippen molar-refractivity contribution in [3.63, 3.8) is 0 Å². The van der Waals surface area contributed by atoms with Gasteiger partial charge in [0.1, 0.15) is 18.2 Å². The quantitative estimate of drug-likeness (QED) is 0.217. The predicted molar refractivity (Wildman–Crippen MR) is 154 cm³/mol. The van der Waals surface area contributed by atoms with Crippen molar-refractivity contribution in [1.82, 2.24) is 9.78 Å². The molecule has 41 heavy (non-hydrogen) atoms. The Morgan fingerprint density at radius 2 is 1.95 bits per heavy atom. The van der Waals surface area contributed by atoms with Crippen LogP contribution in [-0.2, 0) is 11.3 Å². The van der Waals surface area contributed by atoms with Crippen LogP contribution >= 0.6 is 23.2 Å². The van der Waals surface area contributed by atoms with Gasteiger partial charge in [-0.25, -0.2) is 9.18 Å². The van der Waals surface area contributed by atoms with E-state index in [2.05, 4.69) is 5.10 Å². The molecule has 2 heterocycles. The number of ether oxygens (including phenoxy) is 2. The fraction of sp³-hybridized carbons (Fsp3) is 0.233. The molecule has 0 saturated carbocycles. The number of rotatable bonds is 9. The number of aromatic nitrogens is 2. The van der Waals surface area contributed by atoms with Crippen molar-refractivity contribution in [2.24, 2.45) is 0 Å². The summed E-state index contributed by atoms with van der Waals surface area (Å²) in [5.41, 5.74) is 2.87. The molecule has 5 rings (SSSR count). The minimum atomic E-state index is -1.26. The molecule has 4 aromatic rings. The standard InChI is InChI=1S/C30H26Cl2FN3O5/c1-18-23(31)6-3-8-27(18)40-11-4-9-28(37)36-10-12-41-29-21(5-2-7-26(29)36)20-15-34-35(16-20)17-22-24(32)13-19(30(38)39)14-25(22)33/h2-3,5-8,13-16H,4,9-12,17H2,1H3,(H,38,39). The number of para-hydroxylation sites is 1. The zero-order valence-corrected chi connectivity index (χ0v) is 23.6. The molecule has 0 saturated heterocycles. The molecular formula is C30H26Cl2FN3O5. The smallest absolute Gasteiger partial charge is 0.335 e. The van der Waals surface area contributed by atoms with Crippen molar-refractivity contribution < 1.29 is 28.6 Å². The second-order valence-electron chi connectivity index (χ2n) is 9.51. The summed E-state index contributed by atoms with van der Waals surface area (Å²) >= 11 is 12.3. The molecule has 0 aliphatic carbocycles. The van der Waals surface area contributed by atoms with Gasteiger partial charge >= 0.3 is 5.97 Å². The van der Waals surface area contributed by atoms with Crippen LogP contribution in [0.5, 0.6) is 11.5 Å². The van der Waals surface area contributed by atoms with Crippen LogP contribution in [0.4, 0.5) is 10.1 Å². The Morgan fingerprint density at radius 1 is 1.15 bits per heavy atom. The molecule has 0 radical (unpaired) electrons. The van der Waals surface area contributed by atoms with Gasteiger partial charge in [0.15, 0.2) is 5.75 Å². The maximum Gasteiger partial charge on any atom is 0.335 e. The highest BCUT2D eigenvalue weighted by Crippen LogP contribution is 2.41. The van der Waals surface area contributed by atoms with Crippen LogP contribution in [0.2, 0.25) is 10.0 Å². The molecule has 1 aliphatic rings. The van der Waals surface area contributed by atoms with E-state index in [-0.39, 0.29) is 28.6 Å². The lowest BCUT2D eigenvalue weighted by Crippen LogP contribution is -2.38. The molecule has 1 aliphatic heterocycles. The second-order valence-corrected chi connectivity index (χ2v) is 10.3. The number of benzene rings is 3. The number of amides is 1. The number of carbonyl (C=O) groups is 2. The van der Waals surface area contributed by atoms with Crippen molar-refractivity contribution in [3.8, 4) is 22.6 Å². The molecule has 0 bridgehead atoms. The molecule has 1 N–H and O–H groups in total. The van der Waals surface area contributed by atoms with Crippen LogP contribution in [0.25, 0.3) is 11.1 Å². The van der Waals surface area contributed by atoms with Gasteiger partial charge in [-0.05, 0) is 43.7 Å². The van der Waals surface area contributed by atoms with Gasteiger partial charge in [-0.2, -0.15) is 5.10 Å². The van der Waals surface area contributed by atoms with E-state index in [0.717, 1.165) is 17.2 Å². The predicted octanol–water partition coefficient (Wildman–Crippen LogP) is 6.64. The minimum Gasteiger partial charge on any atom is -0.493 e. The highest BCUT2D eigenvalue weighted by molar-refractivity contribution is 6.32. The third kappa shape index (κ3) is 6.16. The molecule has 0 unspecified atom stereocenters. The number of hydrogen-bond donors (Lipinski definition) is 1. The van der Waals surface area contributed by atoms with Crippen LogP contribution in [0.3, 0.4) is 0 Å². The third-order valence-corrected chi connectivity index (χ3v) is 7.56. The van der Waals surface area contributed by atoms with Gasteiger partial charge in [0, 0.05) is 44.9 Å². The van der Waals surface area contributed by atoms with Gasteiger partial charge in [0.25, 0.3) is 0 Å². The molecule has 1 aromatic heterocycles. The lowest BCUT2D eigenvalue weighted by molar-refractivity contribution is -0.119. The van der Waals surface area contributed by atoms with E-state index in [4.69, 9.17) is 37.8 Å². The minimum absolute atomic E-state index is 0.00183. The molecule has 1 amide bonds. The Labute approximate surface area is 245 Å². The summed E-state index contributed by atoms with van der Waals surface area (Å²) < 4.78 is 27.9. The number of nitrogens with zero attached hydrogens (tertiary/aromatic N) is 3. The number of aromatic carboxylic acids is 1. The first kappa shape index (κ1) is 28.4. The van der Waals surface area contributed by atoms with E-state index in [0.29, 0.717) is 60.4 Å². The fourth-order valence-corrected chi connectivity index (χ4v) is 5.08. The first-order valence-corrected chi connectivity index (χ1v) is 13.7. The molecule has 212 valence electrons. The van der Waals surface area contributed by atoms with Crippen molar-refractivity contribution in [2.45, 2.75) is 26.3 Å². The first-order valence-electron chi connectivity index (χ1n) is 12.9. The Hall–Kier alpha value is -4.08. The normalized spacial score (nSPS) is 12.5. The van der Waals surface area contributed by atoms with Gasteiger partial charge in [0.05, 0.1) is 37.1 Å². The number of anilines is 1. The van der Waals surface area contributed by atoms with E-state index < -0.39 is 11.8 Å². The van der Waals surface area contributed by atoms with Crippen LogP contribution in [0.1, 0.15) is 34.3 Å². The largest absolute Gasteiger partial charge is 0.493 e. The summed E-state index contributed by atoms with van der Waals surface area (Å²) in [6.45, 7) is 3.03. The molecule has 0 fully saturated rings. The van der Waals surface area contributed by atoms with Gasteiger partial charge in [0.2, 0.25) is 5.91 Å². The van der Waals surface area contributed by atoms with Crippen molar-refractivity contribution in [2.75, 3.05) is 24.7 Å². The SMILES string of the molecule is Cc1c(Cl)cccc1OCCCC(=O)N1CCOc2c(-c3cnn(Cc4c(F)cc(C(=O)O)cc4Cl)c3)cccc21. The molecular weight excluding hydrogens is 572 g/mol. The number of hydrogen-bond acceptors (Lipinski definition) is 5. The molecule has 3 aromatic carbocycles. The van der Waals surface area contributed by atoms with Crippen molar-refractivity contribution in [3.05, 3.63) is 93.5 Å². The lowest BCUT2D eigenvalue weighted by Gasteiger charge is -2.31. The van der Waals surface area contributed by atoms with Crippen molar-refractivity contribution >= 4 is 40.8 Å². The molecule has 11 heteroatoms. The first-order chi connectivity index (χ1) is 19.7. The number of carboxylic acids is 1. The summed E-state index contributed by atoms with van der Waals surface area (Å²) in [7, 11) is 0. The van der Waals surface area contributed by atoms with Crippen LogP contribution < -0.4 is 14.4 Å². The monoisotopic (exact) mass is 597 g/mol. The van der Waals surface area contributed by atoms with Crippen LogP contribution in [-0.4, -0.2) is 46.5 Å². The average molecular weight is 598 g/mol. The van der Waals surface area contributed by atoms with Gasteiger partial charge in [-0.15, -0.1) is 0 Å². The van der Waals surface area contributed by atoms with E-state index in [1.807, 2.05) is 37.3 Å². The van der Waals surface area contributed by atoms with Crippen LogP contribution in [0.15, 0.2) is 60.9 Å². The Bertz CT molecular complexity index is 1600. The molecule has 0 spiro atoms. The van der Waals surface area contributed by atoms with Gasteiger partial charge in [-0.1, -0.05) is 41.4 Å². The average Bonchev–Trinajstić information content (AvgIpc) is 3.42. The highest BCUT2D eigenvalue weighted by Gasteiger charge is 2.26. The Kier molecular flexibility index (Phi) is 8.46. The second kappa shape index (κ2) is 12.2. The third-order valence-electron chi connectivity index (χ3n) is 6.81. The summed E-state index contributed by atoms with van der Waals surface area (Å²) in [6, 6.07) is 13.2. The van der Waals surface area contributed by atoms with Crippen LogP contribution in [0, 0.1) is 12.7 Å². The molecule has 0 atom stereocenters. The van der Waals surface area contributed by atoms with Gasteiger partial charge in [-0.3, -0.25) is 9.48 Å². The lowest BCUT2D eigenvalue weighted by atomic mass is 10.1. The summed E-state index contributed by atoms with van der Waals surface area (Å²) in [4.78, 5) is 26.1. The Morgan fingerprint density at radius 3 is 2.73 bits per heavy atom. The topological polar surface area (TPSA) is 93.9 Å². The number of halogens is 3. The van der Waals surface area contributed by atoms with Gasteiger partial charge < -0.3 is 19.5 Å². The zero-order valence-electron chi connectivity index (χ0n) is 22.1. The maximum atomic E-state index is 14.6. The summed E-state index contributed by atoms with van der Waals surface area (Å²) in [6.07, 6.45) is 4.17. The van der Waals surface area contributed by atoms with E-state index in [1.165, 1.54) is 10.7 Å². The van der Waals surface area contributed by atoms with Crippen molar-refractivity contribution in [1.29, 1.82) is 0 Å². The Balaban J connectivity index is 1.28.